The van der Waals surface area contributed by atoms with Crippen molar-refractivity contribution in [2.45, 2.75) is 6.92 Å². The minimum absolute atomic E-state index is 0.216. The number of carbonyl (C=O) groups is 1. The van der Waals surface area contributed by atoms with Gasteiger partial charge in [-0.25, -0.2) is 0 Å². The van der Waals surface area contributed by atoms with Crippen LogP contribution in [0, 0.1) is 6.92 Å². The van der Waals surface area contributed by atoms with Gasteiger partial charge in [-0.2, -0.15) is 0 Å². The highest BCUT2D eigenvalue weighted by Gasteiger charge is 2.08. The van der Waals surface area contributed by atoms with E-state index in [2.05, 4.69) is 0 Å². The molecule has 0 bridgehead atoms. The van der Waals surface area contributed by atoms with Gasteiger partial charge in [0.1, 0.15) is 11.5 Å². The molecule has 0 aliphatic rings. The number of methoxy groups -OCH3 is 1. The quantitative estimate of drug-likeness (QED) is 0.686. The Hall–Kier alpha value is -1.86. The molecule has 2 rings (SSSR count). The Bertz CT molecular complexity index is 608. The van der Waals surface area contributed by atoms with Crippen molar-refractivity contribution < 1.29 is 14.6 Å². The molecule has 98 valence electrons. The van der Waals surface area contributed by atoms with Gasteiger partial charge in [0.15, 0.2) is 6.29 Å². The molecule has 0 aliphatic carbocycles. The Kier molecular flexibility index (Phi) is 4.18. The lowest BCUT2D eigenvalue weighted by Gasteiger charge is -2.09. The maximum Gasteiger partial charge on any atom is 0.150 e. The van der Waals surface area contributed by atoms with Crippen LogP contribution in [0.4, 0.5) is 0 Å². The molecule has 0 heterocycles. The molecule has 1 N–H and O–H groups in total. The third kappa shape index (κ3) is 3.12. The van der Waals surface area contributed by atoms with Gasteiger partial charge in [0.25, 0.3) is 0 Å². The average molecular weight is 274 g/mol. The van der Waals surface area contributed by atoms with Gasteiger partial charge in [-0.05, 0) is 36.5 Å². The molecule has 0 fully saturated rings. The largest absolute Gasteiger partial charge is 0.507 e. The number of aryl methyl sites for hydroxylation is 1. The lowest BCUT2D eigenvalue weighted by atomic mass is 10.2. The fourth-order valence-electron chi connectivity index (χ4n) is 1.78. The topological polar surface area (TPSA) is 46.5 Å². The first-order valence-electron chi connectivity index (χ1n) is 5.84. The highest BCUT2D eigenvalue weighted by atomic mass is 31.1. The number of rotatable bonds is 4. The molecule has 0 amide bonds. The monoisotopic (exact) mass is 274 g/mol. The van der Waals surface area contributed by atoms with Crippen molar-refractivity contribution in [1.82, 2.24) is 0 Å². The maximum absolute atomic E-state index is 11.1. The molecule has 1 atom stereocenters. The molecule has 0 aliphatic heterocycles. The summed E-state index contributed by atoms with van der Waals surface area (Å²) in [4.78, 5) is 11.1. The summed E-state index contributed by atoms with van der Waals surface area (Å²) in [6.45, 7) is 1.95. The zero-order valence-corrected chi connectivity index (χ0v) is 11.8. The van der Waals surface area contributed by atoms with Crippen LogP contribution < -0.4 is 15.3 Å². The Morgan fingerprint density at radius 1 is 1.16 bits per heavy atom. The fourth-order valence-corrected chi connectivity index (χ4v) is 2.94. The predicted molar refractivity (Wildman–Crippen MR) is 78.8 cm³/mol. The summed E-state index contributed by atoms with van der Waals surface area (Å²) >= 11 is 0. The fraction of sp³-hybridized carbons (Fsp3) is 0.133. The third-order valence-electron chi connectivity index (χ3n) is 2.81. The van der Waals surface area contributed by atoms with Crippen LogP contribution in [0.1, 0.15) is 15.9 Å². The van der Waals surface area contributed by atoms with E-state index in [9.17, 15) is 9.90 Å². The Morgan fingerprint density at radius 2 is 1.95 bits per heavy atom. The van der Waals surface area contributed by atoms with Crippen molar-refractivity contribution in [3.8, 4) is 11.5 Å². The van der Waals surface area contributed by atoms with Crippen LogP contribution in [-0.2, 0) is 0 Å². The highest BCUT2D eigenvalue weighted by molar-refractivity contribution is 7.56. The number of ether oxygens (including phenoxy) is 1. The van der Waals surface area contributed by atoms with E-state index >= 15 is 0 Å². The summed E-state index contributed by atoms with van der Waals surface area (Å²) in [5.41, 5.74) is 1.71. The van der Waals surface area contributed by atoms with Gasteiger partial charge in [0, 0.05) is 10.9 Å². The van der Waals surface area contributed by atoms with Gasteiger partial charge in [0.05, 0.1) is 7.11 Å². The number of phenolic OH excluding ortho intramolecular Hbond substituents is 1. The average Bonchev–Trinajstić information content (AvgIpc) is 2.43. The van der Waals surface area contributed by atoms with Crippen LogP contribution in [0.25, 0.3) is 0 Å². The van der Waals surface area contributed by atoms with E-state index < -0.39 is 0 Å². The lowest BCUT2D eigenvalue weighted by Crippen LogP contribution is -2.09. The summed E-state index contributed by atoms with van der Waals surface area (Å²) < 4.78 is 5.15. The molecular formula is C15H15O3P. The molecule has 19 heavy (non-hydrogen) atoms. The van der Waals surface area contributed by atoms with E-state index in [0.717, 1.165) is 22.5 Å². The molecule has 0 saturated heterocycles. The van der Waals surface area contributed by atoms with Crippen LogP contribution in [0.5, 0.6) is 11.5 Å². The van der Waals surface area contributed by atoms with Gasteiger partial charge in [-0.1, -0.05) is 26.3 Å². The van der Waals surface area contributed by atoms with Gasteiger partial charge in [-0.15, -0.1) is 0 Å². The third-order valence-corrected chi connectivity index (χ3v) is 4.20. The minimum Gasteiger partial charge on any atom is -0.507 e. The summed E-state index contributed by atoms with van der Waals surface area (Å²) in [7, 11) is 1.80. The second kappa shape index (κ2) is 5.85. The number of aldehydes is 1. The van der Waals surface area contributed by atoms with Crippen molar-refractivity contribution in [3.63, 3.8) is 0 Å². The van der Waals surface area contributed by atoms with Crippen LogP contribution in [0.2, 0.25) is 0 Å². The van der Waals surface area contributed by atoms with Crippen molar-refractivity contribution in [2.75, 3.05) is 7.11 Å². The number of aromatic hydroxyl groups is 1. The van der Waals surface area contributed by atoms with Crippen LogP contribution >= 0.6 is 8.58 Å². The molecule has 0 saturated carbocycles. The predicted octanol–water partition coefficient (Wildman–Crippen LogP) is 2.15. The first-order valence-corrected chi connectivity index (χ1v) is 6.84. The number of carbonyl (C=O) groups excluding carboxylic acids is 1. The summed E-state index contributed by atoms with van der Waals surface area (Å²) in [6.07, 6.45) is 0.854. The minimum atomic E-state index is 0.216. The van der Waals surface area contributed by atoms with Crippen molar-refractivity contribution >= 4 is 25.5 Å². The summed E-state index contributed by atoms with van der Waals surface area (Å²) in [6, 6.07) is 10.9. The Balaban J connectivity index is 2.38. The maximum atomic E-state index is 11.1. The van der Waals surface area contributed by atoms with Crippen LogP contribution in [0.3, 0.4) is 0 Å². The molecule has 2 aromatic rings. The van der Waals surface area contributed by atoms with E-state index in [1.54, 1.807) is 25.3 Å². The number of hydrogen-bond donors (Lipinski definition) is 1. The Morgan fingerprint density at radius 3 is 2.63 bits per heavy atom. The van der Waals surface area contributed by atoms with Crippen LogP contribution in [-0.4, -0.2) is 18.5 Å². The Labute approximate surface area is 114 Å². The van der Waals surface area contributed by atoms with Crippen molar-refractivity contribution in [3.05, 3.63) is 47.5 Å². The van der Waals surface area contributed by atoms with Gasteiger partial charge in [0.2, 0.25) is 0 Å². The van der Waals surface area contributed by atoms with E-state index in [1.165, 1.54) is 0 Å². The van der Waals surface area contributed by atoms with Gasteiger partial charge in [-0.3, -0.25) is 4.79 Å². The molecule has 2 aromatic carbocycles. The number of phenols is 1. The SMILES string of the molecule is COc1ccc(O)c(Pc2ccc(C)cc2C=O)c1. The van der Waals surface area contributed by atoms with E-state index in [-0.39, 0.29) is 14.3 Å². The summed E-state index contributed by atoms with van der Waals surface area (Å²) in [5, 5.41) is 11.6. The molecule has 0 aromatic heterocycles. The molecule has 0 radical (unpaired) electrons. The van der Waals surface area contributed by atoms with Crippen molar-refractivity contribution in [2.24, 2.45) is 0 Å². The normalized spacial score (nSPS) is 10.8. The smallest absolute Gasteiger partial charge is 0.150 e. The first kappa shape index (κ1) is 13.6. The summed E-state index contributed by atoms with van der Waals surface area (Å²) in [5.74, 6) is 0.914. The van der Waals surface area contributed by atoms with E-state index in [4.69, 9.17) is 4.74 Å². The second-order valence-electron chi connectivity index (χ2n) is 4.22. The molecule has 1 unspecified atom stereocenters. The highest BCUT2D eigenvalue weighted by Crippen LogP contribution is 2.23. The molecule has 4 heteroatoms. The van der Waals surface area contributed by atoms with Crippen LogP contribution in [0.15, 0.2) is 36.4 Å². The standard InChI is InChI=1S/C15H15O3P/c1-10-3-6-14(11(7-10)9-16)19-15-8-12(18-2)4-5-13(15)17/h3-9,17,19H,1-2H3. The second-order valence-corrected chi connectivity index (χ2v) is 5.54. The van der Waals surface area contributed by atoms with E-state index in [1.807, 2.05) is 25.1 Å². The van der Waals surface area contributed by atoms with Gasteiger partial charge >= 0.3 is 0 Å². The number of benzene rings is 2. The van der Waals surface area contributed by atoms with Gasteiger partial charge < -0.3 is 9.84 Å². The molecule has 0 spiro atoms. The zero-order valence-electron chi connectivity index (χ0n) is 10.8. The van der Waals surface area contributed by atoms with E-state index in [0.29, 0.717) is 11.3 Å². The first-order chi connectivity index (χ1) is 9.13. The molecular weight excluding hydrogens is 259 g/mol. The lowest BCUT2D eigenvalue weighted by molar-refractivity contribution is 0.112. The van der Waals surface area contributed by atoms with Crippen molar-refractivity contribution in [1.29, 1.82) is 0 Å². The number of hydrogen-bond acceptors (Lipinski definition) is 3. The zero-order chi connectivity index (χ0) is 13.8. The molecule has 3 nitrogen and oxygen atoms in total.